The molecule has 0 unspecified atom stereocenters. The lowest BCUT2D eigenvalue weighted by Crippen LogP contribution is -2.35. The van der Waals surface area contributed by atoms with Gasteiger partial charge in [-0.2, -0.15) is 0 Å². The quantitative estimate of drug-likeness (QED) is 0.626. The molecular formula is C13H25NO. The first-order valence-corrected chi connectivity index (χ1v) is 6.40. The highest BCUT2D eigenvalue weighted by atomic mass is 16.5. The number of morpholine rings is 1. The van der Waals surface area contributed by atoms with Gasteiger partial charge in [-0.15, -0.1) is 0 Å². The second-order valence-electron chi connectivity index (χ2n) is 4.14. The van der Waals surface area contributed by atoms with Crippen molar-refractivity contribution >= 4 is 0 Å². The van der Waals surface area contributed by atoms with E-state index >= 15 is 0 Å². The van der Waals surface area contributed by atoms with Crippen molar-refractivity contribution in [2.75, 3.05) is 26.3 Å². The van der Waals surface area contributed by atoms with Crippen LogP contribution in [0.1, 0.15) is 46.0 Å². The summed E-state index contributed by atoms with van der Waals surface area (Å²) in [5.74, 6) is 0. The molecule has 1 saturated heterocycles. The lowest BCUT2D eigenvalue weighted by molar-refractivity contribution is 0.0522. The molecule has 1 aliphatic heterocycles. The molecule has 1 heterocycles. The van der Waals surface area contributed by atoms with Gasteiger partial charge in [0.2, 0.25) is 0 Å². The monoisotopic (exact) mass is 211 g/mol. The average Bonchev–Trinajstić information content (AvgIpc) is 2.30. The van der Waals surface area contributed by atoms with Gasteiger partial charge in [-0.1, -0.05) is 32.8 Å². The Hall–Kier alpha value is -0.500. The fourth-order valence-electron chi connectivity index (χ4n) is 2.01. The molecule has 0 aromatic carbocycles. The molecule has 0 aromatic heterocycles. The zero-order valence-corrected chi connectivity index (χ0v) is 10.3. The van der Waals surface area contributed by atoms with E-state index in [4.69, 9.17) is 4.74 Å². The number of rotatable bonds is 6. The smallest absolute Gasteiger partial charge is 0.0642 e. The van der Waals surface area contributed by atoms with Gasteiger partial charge in [-0.25, -0.2) is 0 Å². The van der Waals surface area contributed by atoms with Crippen LogP contribution < -0.4 is 0 Å². The van der Waals surface area contributed by atoms with E-state index in [0.717, 1.165) is 32.7 Å². The molecule has 1 fully saturated rings. The standard InChI is InChI=1S/C13H25NO/c1-3-5-6-7-8-13(4-2)14-9-11-15-12-10-14/h8H,3-7,9-12H2,1-2H3/b13-8-. The minimum Gasteiger partial charge on any atom is -0.378 e. The Bertz CT molecular complexity index is 183. The van der Waals surface area contributed by atoms with Gasteiger partial charge in [0.05, 0.1) is 13.2 Å². The van der Waals surface area contributed by atoms with E-state index in [2.05, 4.69) is 24.8 Å². The summed E-state index contributed by atoms with van der Waals surface area (Å²) < 4.78 is 5.37. The summed E-state index contributed by atoms with van der Waals surface area (Å²) in [4.78, 5) is 2.48. The largest absolute Gasteiger partial charge is 0.378 e. The summed E-state index contributed by atoms with van der Waals surface area (Å²) in [5.41, 5.74) is 1.52. The van der Waals surface area contributed by atoms with Crippen LogP contribution in [0.4, 0.5) is 0 Å². The minimum atomic E-state index is 0.895. The van der Waals surface area contributed by atoms with Crippen molar-refractivity contribution in [1.29, 1.82) is 0 Å². The van der Waals surface area contributed by atoms with Gasteiger partial charge in [0, 0.05) is 18.8 Å². The summed E-state index contributed by atoms with van der Waals surface area (Å²) >= 11 is 0. The number of hydrogen-bond acceptors (Lipinski definition) is 2. The zero-order valence-electron chi connectivity index (χ0n) is 10.3. The molecule has 0 saturated carbocycles. The van der Waals surface area contributed by atoms with Crippen LogP contribution in [0.2, 0.25) is 0 Å². The van der Waals surface area contributed by atoms with Gasteiger partial charge in [0.25, 0.3) is 0 Å². The van der Waals surface area contributed by atoms with Gasteiger partial charge >= 0.3 is 0 Å². The first-order chi connectivity index (χ1) is 7.38. The van der Waals surface area contributed by atoms with Crippen molar-refractivity contribution in [3.05, 3.63) is 11.8 Å². The Morgan fingerprint density at radius 3 is 2.53 bits per heavy atom. The molecule has 0 radical (unpaired) electrons. The Kier molecular flexibility index (Phi) is 6.49. The van der Waals surface area contributed by atoms with Gasteiger partial charge < -0.3 is 9.64 Å². The summed E-state index contributed by atoms with van der Waals surface area (Å²) in [5, 5.41) is 0. The van der Waals surface area contributed by atoms with Crippen LogP contribution in [0.3, 0.4) is 0 Å². The normalized spacial score (nSPS) is 18.3. The van der Waals surface area contributed by atoms with E-state index in [-0.39, 0.29) is 0 Å². The van der Waals surface area contributed by atoms with E-state index in [1.165, 1.54) is 31.4 Å². The van der Waals surface area contributed by atoms with E-state index < -0.39 is 0 Å². The highest BCUT2D eigenvalue weighted by Crippen LogP contribution is 2.13. The maximum atomic E-state index is 5.37. The topological polar surface area (TPSA) is 12.5 Å². The molecule has 0 bridgehead atoms. The molecule has 0 amide bonds. The second-order valence-corrected chi connectivity index (χ2v) is 4.14. The third-order valence-electron chi connectivity index (χ3n) is 2.97. The number of unbranched alkanes of at least 4 members (excludes halogenated alkanes) is 3. The highest BCUT2D eigenvalue weighted by molar-refractivity contribution is 5.01. The van der Waals surface area contributed by atoms with Crippen LogP contribution in [-0.4, -0.2) is 31.2 Å². The molecule has 0 spiro atoms. The Balaban J connectivity index is 2.31. The molecule has 15 heavy (non-hydrogen) atoms. The van der Waals surface area contributed by atoms with E-state index in [0.29, 0.717) is 0 Å². The molecule has 1 aliphatic rings. The fraction of sp³-hybridized carbons (Fsp3) is 0.846. The van der Waals surface area contributed by atoms with Crippen molar-refractivity contribution in [2.24, 2.45) is 0 Å². The summed E-state index contributed by atoms with van der Waals surface area (Å²) in [6.07, 6.45) is 8.84. The molecule has 0 N–H and O–H groups in total. The summed E-state index contributed by atoms with van der Waals surface area (Å²) in [7, 11) is 0. The van der Waals surface area contributed by atoms with Crippen molar-refractivity contribution in [3.63, 3.8) is 0 Å². The molecule has 2 heteroatoms. The molecule has 0 aromatic rings. The van der Waals surface area contributed by atoms with Crippen molar-refractivity contribution < 1.29 is 4.74 Å². The first-order valence-electron chi connectivity index (χ1n) is 6.40. The maximum absolute atomic E-state index is 5.37. The summed E-state index contributed by atoms with van der Waals surface area (Å²) in [6, 6.07) is 0. The predicted molar refractivity (Wildman–Crippen MR) is 64.9 cm³/mol. The lowest BCUT2D eigenvalue weighted by Gasteiger charge is -2.30. The number of hydrogen-bond donors (Lipinski definition) is 0. The Morgan fingerprint density at radius 1 is 1.20 bits per heavy atom. The van der Waals surface area contributed by atoms with Crippen LogP contribution in [0, 0.1) is 0 Å². The van der Waals surface area contributed by atoms with Crippen LogP contribution in [-0.2, 0) is 4.74 Å². The van der Waals surface area contributed by atoms with Gasteiger partial charge in [-0.05, 0) is 19.3 Å². The first kappa shape index (κ1) is 12.6. The van der Waals surface area contributed by atoms with E-state index in [1.54, 1.807) is 0 Å². The lowest BCUT2D eigenvalue weighted by atomic mass is 10.1. The third-order valence-corrected chi connectivity index (χ3v) is 2.97. The van der Waals surface area contributed by atoms with Crippen molar-refractivity contribution in [1.82, 2.24) is 4.90 Å². The molecular weight excluding hydrogens is 186 g/mol. The van der Waals surface area contributed by atoms with Gasteiger partial charge in [0.1, 0.15) is 0 Å². The van der Waals surface area contributed by atoms with Crippen LogP contribution >= 0.6 is 0 Å². The second kappa shape index (κ2) is 7.75. The number of nitrogens with zero attached hydrogens (tertiary/aromatic N) is 1. The fourth-order valence-corrected chi connectivity index (χ4v) is 2.01. The third kappa shape index (κ3) is 4.70. The van der Waals surface area contributed by atoms with Crippen LogP contribution in [0.5, 0.6) is 0 Å². The van der Waals surface area contributed by atoms with Crippen molar-refractivity contribution in [3.8, 4) is 0 Å². The summed E-state index contributed by atoms with van der Waals surface area (Å²) in [6.45, 7) is 8.45. The van der Waals surface area contributed by atoms with Gasteiger partial charge in [-0.3, -0.25) is 0 Å². The Morgan fingerprint density at radius 2 is 1.93 bits per heavy atom. The molecule has 2 nitrogen and oxygen atoms in total. The maximum Gasteiger partial charge on any atom is 0.0642 e. The van der Waals surface area contributed by atoms with E-state index in [9.17, 15) is 0 Å². The zero-order chi connectivity index (χ0) is 10.9. The van der Waals surface area contributed by atoms with Crippen LogP contribution in [0.25, 0.3) is 0 Å². The molecule has 88 valence electrons. The Labute approximate surface area is 94.3 Å². The van der Waals surface area contributed by atoms with E-state index in [1.807, 2.05) is 0 Å². The van der Waals surface area contributed by atoms with Crippen molar-refractivity contribution in [2.45, 2.75) is 46.0 Å². The van der Waals surface area contributed by atoms with Gasteiger partial charge in [0.15, 0.2) is 0 Å². The molecule has 1 rings (SSSR count). The number of ether oxygens (including phenoxy) is 1. The molecule has 0 atom stereocenters. The minimum absolute atomic E-state index is 0.895. The van der Waals surface area contributed by atoms with Crippen LogP contribution in [0.15, 0.2) is 11.8 Å². The molecule has 0 aliphatic carbocycles. The SMILES string of the molecule is CCCCC/C=C(/CC)N1CCOCC1. The predicted octanol–water partition coefficient (Wildman–Crippen LogP) is 3.19. The average molecular weight is 211 g/mol. The highest BCUT2D eigenvalue weighted by Gasteiger charge is 2.11. The number of allylic oxidation sites excluding steroid dienone is 2.